The van der Waals surface area contributed by atoms with E-state index in [1.165, 1.54) is 0 Å². The second kappa shape index (κ2) is 6.72. The Morgan fingerprint density at radius 3 is 2.48 bits per heavy atom. The third-order valence-electron chi connectivity index (χ3n) is 4.10. The van der Waals surface area contributed by atoms with Crippen molar-refractivity contribution < 1.29 is 19.4 Å². The molecule has 0 bridgehead atoms. The summed E-state index contributed by atoms with van der Waals surface area (Å²) < 4.78 is 5.40. The van der Waals surface area contributed by atoms with Crippen LogP contribution in [0, 0.1) is 0 Å². The van der Waals surface area contributed by atoms with Crippen LogP contribution in [-0.2, 0) is 20.7 Å². The number of hydrogen-bond donors (Lipinski definition) is 2. The number of carboxylic acids is 1. The molecule has 1 saturated carbocycles. The molecule has 2 rings (SSSR count). The average molecular weight is 291 g/mol. The number of amides is 1. The van der Waals surface area contributed by atoms with Crippen LogP contribution in [0.2, 0.25) is 0 Å². The highest BCUT2D eigenvalue weighted by molar-refractivity contribution is 5.84. The Morgan fingerprint density at radius 2 is 2.00 bits per heavy atom. The number of methoxy groups -OCH3 is 1. The molecule has 0 spiro atoms. The Hall–Kier alpha value is -1.88. The molecule has 1 atom stereocenters. The molecule has 1 aromatic carbocycles. The molecule has 0 radical (unpaired) electrons. The smallest absolute Gasteiger partial charge is 0.326 e. The van der Waals surface area contributed by atoms with Gasteiger partial charge in [0.05, 0.1) is 12.0 Å². The Balaban J connectivity index is 1.93. The minimum Gasteiger partial charge on any atom is -0.480 e. The van der Waals surface area contributed by atoms with Gasteiger partial charge in [-0.2, -0.15) is 0 Å². The fourth-order valence-electron chi connectivity index (χ4n) is 2.61. The van der Waals surface area contributed by atoms with Gasteiger partial charge in [-0.3, -0.25) is 4.79 Å². The van der Waals surface area contributed by atoms with E-state index in [0.29, 0.717) is 0 Å². The Bertz CT molecular complexity index is 491. The van der Waals surface area contributed by atoms with Crippen molar-refractivity contribution in [3.05, 3.63) is 35.9 Å². The van der Waals surface area contributed by atoms with Gasteiger partial charge in [-0.1, -0.05) is 30.3 Å². The van der Waals surface area contributed by atoms with E-state index in [1.807, 2.05) is 30.3 Å². The molecular formula is C16H21NO4. The molecule has 1 fully saturated rings. The zero-order valence-corrected chi connectivity index (χ0v) is 12.2. The van der Waals surface area contributed by atoms with Gasteiger partial charge in [0.15, 0.2) is 0 Å². The molecule has 0 aliphatic heterocycles. The predicted octanol–water partition coefficient (Wildman–Crippen LogP) is 1.76. The molecule has 5 heteroatoms. The molecule has 1 aliphatic carbocycles. The van der Waals surface area contributed by atoms with Crippen LogP contribution in [-0.4, -0.2) is 35.7 Å². The lowest BCUT2D eigenvalue weighted by Crippen LogP contribution is -2.48. The number of carbonyl (C=O) groups is 2. The fourth-order valence-corrected chi connectivity index (χ4v) is 2.61. The molecule has 0 saturated heterocycles. The largest absolute Gasteiger partial charge is 0.480 e. The lowest BCUT2D eigenvalue weighted by Gasteiger charge is -2.40. The van der Waals surface area contributed by atoms with E-state index in [2.05, 4.69) is 5.32 Å². The molecule has 1 aliphatic rings. The number of rotatable bonds is 7. The third kappa shape index (κ3) is 4.04. The van der Waals surface area contributed by atoms with Crippen molar-refractivity contribution in [1.29, 1.82) is 0 Å². The van der Waals surface area contributed by atoms with Gasteiger partial charge in [-0.15, -0.1) is 0 Å². The minimum atomic E-state index is -1.02. The summed E-state index contributed by atoms with van der Waals surface area (Å²) in [5.41, 5.74) is 0.496. The number of ether oxygens (including phenoxy) is 1. The first-order chi connectivity index (χ1) is 10.0. The minimum absolute atomic E-state index is 0.224. The molecular weight excluding hydrogens is 270 g/mol. The van der Waals surface area contributed by atoms with Crippen LogP contribution >= 0.6 is 0 Å². The van der Waals surface area contributed by atoms with Crippen molar-refractivity contribution in [2.24, 2.45) is 0 Å². The van der Waals surface area contributed by atoms with E-state index in [0.717, 1.165) is 24.8 Å². The molecule has 1 amide bonds. The molecule has 21 heavy (non-hydrogen) atoms. The lowest BCUT2D eigenvalue weighted by molar-refractivity contribution is -0.144. The van der Waals surface area contributed by atoms with Gasteiger partial charge < -0.3 is 15.2 Å². The van der Waals surface area contributed by atoms with Crippen LogP contribution in [0.4, 0.5) is 0 Å². The Labute approximate surface area is 124 Å². The highest BCUT2D eigenvalue weighted by Gasteiger charge is 2.39. The fraction of sp³-hybridized carbons (Fsp3) is 0.500. The third-order valence-corrected chi connectivity index (χ3v) is 4.10. The normalized spacial score (nSPS) is 17.6. The van der Waals surface area contributed by atoms with E-state index >= 15 is 0 Å². The quantitative estimate of drug-likeness (QED) is 0.802. The first-order valence-electron chi connectivity index (χ1n) is 7.16. The number of aliphatic carboxylic acids is 1. The standard InChI is InChI=1S/C16H21NO4/c1-21-16(8-5-9-16)11-14(18)17-13(15(19)20)10-12-6-3-2-4-7-12/h2-4,6-7,13H,5,8-11H2,1H3,(H,17,18)(H,19,20). The molecule has 114 valence electrons. The maximum atomic E-state index is 12.1. The molecule has 1 unspecified atom stereocenters. The zero-order valence-electron chi connectivity index (χ0n) is 12.2. The van der Waals surface area contributed by atoms with E-state index in [-0.39, 0.29) is 24.3 Å². The van der Waals surface area contributed by atoms with Crippen molar-refractivity contribution in [3.63, 3.8) is 0 Å². The molecule has 2 N–H and O–H groups in total. The molecule has 5 nitrogen and oxygen atoms in total. The van der Waals surface area contributed by atoms with E-state index in [4.69, 9.17) is 4.74 Å². The first kappa shape index (κ1) is 15.5. The number of hydrogen-bond acceptors (Lipinski definition) is 3. The van der Waals surface area contributed by atoms with Gasteiger partial charge in [0.2, 0.25) is 5.91 Å². The summed E-state index contributed by atoms with van der Waals surface area (Å²) in [7, 11) is 1.60. The highest BCUT2D eigenvalue weighted by atomic mass is 16.5. The van der Waals surface area contributed by atoms with Gasteiger partial charge in [0.25, 0.3) is 0 Å². The van der Waals surface area contributed by atoms with Crippen molar-refractivity contribution >= 4 is 11.9 Å². The highest BCUT2D eigenvalue weighted by Crippen LogP contribution is 2.37. The van der Waals surface area contributed by atoms with Crippen molar-refractivity contribution in [2.75, 3.05) is 7.11 Å². The van der Waals surface area contributed by atoms with Crippen LogP contribution in [0.1, 0.15) is 31.2 Å². The first-order valence-corrected chi connectivity index (χ1v) is 7.16. The predicted molar refractivity (Wildman–Crippen MR) is 77.9 cm³/mol. The second-order valence-corrected chi connectivity index (χ2v) is 5.57. The maximum absolute atomic E-state index is 12.1. The van der Waals surface area contributed by atoms with Gasteiger partial charge in [-0.05, 0) is 24.8 Å². The topological polar surface area (TPSA) is 75.6 Å². The molecule has 0 aromatic heterocycles. The monoisotopic (exact) mass is 291 g/mol. The van der Waals surface area contributed by atoms with E-state index in [9.17, 15) is 14.7 Å². The average Bonchev–Trinajstić information content (AvgIpc) is 2.43. The van der Waals surface area contributed by atoms with E-state index in [1.54, 1.807) is 7.11 Å². The van der Waals surface area contributed by atoms with Crippen LogP contribution in [0.3, 0.4) is 0 Å². The van der Waals surface area contributed by atoms with Gasteiger partial charge >= 0.3 is 5.97 Å². The SMILES string of the molecule is COC1(CC(=O)NC(Cc2ccccc2)C(=O)O)CCC1. The van der Waals surface area contributed by atoms with Crippen molar-refractivity contribution in [3.8, 4) is 0 Å². The van der Waals surface area contributed by atoms with Crippen LogP contribution < -0.4 is 5.32 Å². The van der Waals surface area contributed by atoms with Gasteiger partial charge in [0, 0.05) is 13.5 Å². The summed E-state index contributed by atoms with van der Waals surface area (Å²) >= 11 is 0. The Morgan fingerprint density at radius 1 is 1.33 bits per heavy atom. The summed E-state index contributed by atoms with van der Waals surface area (Å²) in [6.07, 6.45) is 3.26. The number of carboxylic acid groups (broad SMARTS) is 1. The van der Waals surface area contributed by atoms with Crippen molar-refractivity contribution in [2.45, 2.75) is 43.7 Å². The number of benzene rings is 1. The summed E-state index contributed by atoms with van der Waals surface area (Å²) in [5, 5.41) is 11.9. The molecule has 0 heterocycles. The summed E-state index contributed by atoms with van der Waals surface area (Å²) in [5.74, 6) is -1.29. The van der Waals surface area contributed by atoms with Gasteiger partial charge in [0.1, 0.15) is 6.04 Å². The van der Waals surface area contributed by atoms with Crippen LogP contribution in [0.15, 0.2) is 30.3 Å². The second-order valence-electron chi connectivity index (χ2n) is 5.57. The summed E-state index contributed by atoms with van der Waals surface area (Å²) in [4.78, 5) is 23.4. The van der Waals surface area contributed by atoms with Crippen LogP contribution in [0.25, 0.3) is 0 Å². The molecule has 1 aromatic rings. The maximum Gasteiger partial charge on any atom is 0.326 e. The zero-order chi connectivity index (χ0) is 15.3. The number of carbonyl (C=O) groups excluding carboxylic acids is 1. The van der Waals surface area contributed by atoms with E-state index < -0.39 is 12.0 Å². The summed E-state index contributed by atoms with van der Waals surface area (Å²) in [6.45, 7) is 0. The number of nitrogens with one attached hydrogen (secondary N) is 1. The Kier molecular flexibility index (Phi) is 4.96. The van der Waals surface area contributed by atoms with Crippen LogP contribution in [0.5, 0.6) is 0 Å². The lowest BCUT2D eigenvalue weighted by atomic mass is 9.77. The summed E-state index contributed by atoms with van der Waals surface area (Å²) in [6, 6.07) is 8.37. The van der Waals surface area contributed by atoms with Gasteiger partial charge in [-0.25, -0.2) is 4.79 Å². The van der Waals surface area contributed by atoms with Crippen molar-refractivity contribution in [1.82, 2.24) is 5.32 Å².